The molecule has 112 valence electrons. The normalized spacial score (nSPS) is 15.9. The summed E-state index contributed by atoms with van der Waals surface area (Å²) in [6.45, 7) is 6.61. The number of aliphatic imine (C=N–C) groups is 1. The third kappa shape index (κ3) is 2.90. The van der Waals surface area contributed by atoms with Crippen molar-refractivity contribution in [3.05, 3.63) is 60.2 Å². The highest BCUT2D eigenvalue weighted by Crippen LogP contribution is 2.19. The summed E-state index contributed by atoms with van der Waals surface area (Å²) < 4.78 is 0. The average molecular weight is 295 g/mol. The van der Waals surface area contributed by atoms with Gasteiger partial charge in [-0.1, -0.05) is 36.4 Å². The van der Waals surface area contributed by atoms with Crippen molar-refractivity contribution in [2.75, 3.05) is 6.54 Å². The fourth-order valence-corrected chi connectivity index (χ4v) is 2.18. The summed E-state index contributed by atoms with van der Waals surface area (Å²) in [7, 11) is 0. The molecule has 0 saturated carbocycles. The fraction of sp³-hybridized carbons (Fsp3) is 0.188. The molecular weight excluding hydrogens is 278 g/mol. The van der Waals surface area contributed by atoms with E-state index in [0.717, 1.165) is 5.56 Å². The van der Waals surface area contributed by atoms with E-state index in [0.29, 0.717) is 18.2 Å². The molecule has 6 nitrogen and oxygen atoms in total. The molecule has 0 fully saturated rings. The Balaban J connectivity index is 1.55. The van der Waals surface area contributed by atoms with Gasteiger partial charge in [0.15, 0.2) is 5.84 Å². The zero-order chi connectivity index (χ0) is 15.5. The molecule has 2 heterocycles. The van der Waals surface area contributed by atoms with E-state index < -0.39 is 0 Å². The van der Waals surface area contributed by atoms with Crippen LogP contribution in [0.3, 0.4) is 0 Å². The number of carbonyl (C=O) groups is 1. The van der Waals surface area contributed by atoms with Crippen molar-refractivity contribution in [3.8, 4) is 0 Å². The zero-order valence-electron chi connectivity index (χ0n) is 12.4. The third-order valence-electron chi connectivity index (χ3n) is 3.44. The summed E-state index contributed by atoms with van der Waals surface area (Å²) in [5.74, 6) is 1.20. The predicted molar refractivity (Wildman–Crippen MR) is 85.8 cm³/mol. The van der Waals surface area contributed by atoms with Crippen LogP contribution in [0.1, 0.15) is 11.1 Å². The Bertz CT molecular complexity index is 687. The Kier molecular flexibility index (Phi) is 3.74. The largest absolute Gasteiger partial charge is 0.350 e. The van der Waals surface area contributed by atoms with Crippen LogP contribution >= 0.6 is 0 Å². The topological polar surface area (TPSA) is 60.3 Å². The van der Waals surface area contributed by atoms with Gasteiger partial charge in [-0.3, -0.25) is 14.7 Å². The lowest BCUT2D eigenvalue weighted by atomic mass is 10.1. The number of amidine groups is 1. The van der Waals surface area contributed by atoms with E-state index in [1.54, 1.807) is 28.5 Å². The first-order valence-corrected chi connectivity index (χ1v) is 7.00. The first kappa shape index (κ1) is 14.1. The van der Waals surface area contributed by atoms with Gasteiger partial charge >= 0.3 is 0 Å². The molecule has 1 aromatic rings. The molecule has 0 aliphatic carbocycles. The summed E-state index contributed by atoms with van der Waals surface area (Å²) >= 11 is 0. The van der Waals surface area contributed by atoms with Gasteiger partial charge in [-0.15, -0.1) is 0 Å². The van der Waals surface area contributed by atoms with E-state index in [-0.39, 0.29) is 12.5 Å². The molecule has 3 rings (SSSR count). The minimum atomic E-state index is -0.105. The number of amides is 1. The Morgan fingerprint density at radius 2 is 2.09 bits per heavy atom. The second kappa shape index (κ2) is 5.85. The van der Waals surface area contributed by atoms with Gasteiger partial charge in [-0.25, -0.2) is 5.01 Å². The van der Waals surface area contributed by atoms with Gasteiger partial charge in [0, 0.05) is 18.9 Å². The van der Waals surface area contributed by atoms with Gasteiger partial charge in [-0.05, 0) is 12.5 Å². The van der Waals surface area contributed by atoms with Gasteiger partial charge in [-0.2, -0.15) is 5.10 Å². The number of aryl methyl sites for hydroxylation is 1. The quantitative estimate of drug-likeness (QED) is 0.917. The van der Waals surface area contributed by atoms with E-state index in [4.69, 9.17) is 0 Å². The highest BCUT2D eigenvalue weighted by Gasteiger charge is 2.27. The third-order valence-corrected chi connectivity index (χ3v) is 3.44. The van der Waals surface area contributed by atoms with E-state index in [9.17, 15) is 4.79 Å². The Morgan fingerprint density at radius 3 is 2.82 bits per heavy atom. The number of hydrazone groups is 1. The molecule has 0 unspecified atom stereocenters. The number of nitrogens with one attached hydrogen (secondary N) is 1. The van der Waals surface area contributed by atoms with E-state index in [1.807, 2.05) is 31.2 Å². The second-order valence-electron chi connectivity index (χ2n) is 5.14. The molecule has 2 aliphatic rings. The van der Waals surface area contributed by atoms with Crippen LogP contribution in [0.15, 0.2) is 59.2 Å². The SMILES string of the molecule is C=C1N(CC(=O)NCc2ccc(C)cc2)N=C2C=NC=CN12. The molecule has 0 radical (unpaired) electrons. The van der Waals surface area contributed by atoms with Gasteiger partial charge in [0.1, 0.15) is 12.4 Å². The summed E-state index contributed by atoms with van der Waals surface area (Å²) in [5, 5.41) is 8.77. The number of carbonyl (C=O) groups excluding carboxylic acids is 1. The fourth-order valence-electron chi connectivity index (χ4n) is 2.18. The molecule has 2 aliphatic heterocycles. The second-order valence-corrected chi connectivity index (χ2v) is 5.14. The van der Waals surface area contributed by atoms with Crippen molar-refractivity contribution in [2.24, 2.45) is 10.1 Å². The van der Waals surface area contributed by atoms with E-state index in [1.165, 1.54) is 5.56 Å². The number of hydrogen-bond acceptors (Lipinski definition) is 5. The van der Waals surface area contributed by atoms with Crippen molar-refractivity contribution >= 4 is 18.0 Å². The first-order chi connectivity index (χ1) is 10.6. The first-order valence-electron chi connectivity index (χ1n) is 7.00. The lowest BCUT2D eigenvalue weighted by molar-refractivity contribution is -0.122. The highest BCUT2D eigenvalue weighted by atomic mass is 16.2. The van der Waals surface area contributed by atoms with Crippen LogP contribution in [0.25, 0.3) is 0 Å². The molecule has 1 N–H and O–H groups in total. The van der Waals surface area contributed by atoms with Crippen LogP contribution < -0.4 is 5.32 Å². The van der Waals surface area contributed by atoms with Crippen molar-refractivity contribution in [1.29, 1.82) is 0 Å². The molecule has 0 bridgehead atoms. The van der Waals surface area contributed by atoms with Gasteiger partial charge < -0.3 is 5.32 Å². The monoisotopic (exact) mass is 295 g/mol. The van der Waals surface area contributed by atoms with Crippen molar-refractivity contribution in [1.82, 2.24) is 15.2 Å². The standard InChI is InChI=1S/C16H17N5O/c1-12-3-5-14(6-4-12)9-18-16(22)11-21-13(2)20-8-7-17-10-15(20)19-21/h3-8,10H,2,9,11H2,1H3,(H,18,22). The van der Waals surface area contributed by atoms with Crippen LogP contribution in [0, 0.1) is 6.92 Å². The Hall–Kier alpha value is -2.89. The minimum absolute atomic E-state index is 0.105. The molecule has 1 amide bonds. The Labute approximate surface area is 129 Å². The van der Waals surface area contributed by atoms with E-state index >= 15 is 0 Å². The molecule has 22 heavy (non-hydrogen) atoms. The maximum atomic E-state index is 12.1. The summed E-state index contributed by atoms with van der Waals surface area (Å²) in [5.41, 5.74) is 2.27. The van der Waals surface area contributed by atoms with Gasteiger partial charge in [0.05, 0.1) is 6.21 Å². The van der Waals surface area contributed by atoms with Gasteiger partial charge in [0.2, 0.25) is 5.91 Å². The van der Waals surface area contributed by atoms with E-state index in [2.05, 4.69) is 22.0 Å². The zero-order valence-corrected chi connectivity index (χ0v) is 12.4. The molecule has 0 aromatic heterocycles. The van der Waals surface area contributed by atoms with Gasteiger partial charge in [0.25, 0.3) is 0 Å². The number of nitrogens with zero attached hydrogens (tertiary/aromatic N) is 4. The molecule has 6 heteroatoms. The predicted octanol–water partition coefficient (Wildman–Crippen LogP) is 1.57. The van der Waals surface area contributed by atoms with Crippen molar-refractivity contribution in [3.63, 3.8) is 0 Å². The van der Waals surface area contributed by atoms with Crippen LogP contribution in [0.2, 0.25) is 0 Å². The molecule has 1 aromatic carbocycles. The molecule has 0 spiro atoms. The van der Waals surface area contributed by atoms with Crippen LogP contribution in [0.5, 0.6) is 0 Å². The molecular formula is C16H17N5O. The molecule has 0 saturated heterocycles. The molecule has 0 atom stereocenters. The van der Waals surface area contributed by atoms with Crippen LogP contribution in [-0.2, 0) is 11.3 Å². The number of fused-ring (bicyclic) bond motifs is 1. The summed E-state index contributed by atoms with van der Waals surface area (Å²) in [6, 6.07) is 8.07. The van der Waals surface area contributed by atoms with Crippen LogP contribution in [-0.4, -0.2) is 34.4 Å². The average Bonchev–Trinajstić information content (AvgIpc) is 2.83. The lowest BCUT2D eigenvalue weighted by Gasteiger charge is -2.19. The van der Waals surface area contributed by atoms with Crippen molar-refractivity contribution in [2.45, 2.75) is 13.5 Å². The number of rotatable bonds is 4. The maximum absolute atomic E-state index is 12.1. The lowest BCUT2D eigenvalue weighted by Crippen LogP contribution is -2.34. The number of hydrogen-bond donors (Lipinski definition) is 1. The van der Waals surface area contributed by atoms with Crippen LogP contribution in [0.4, 0.5) is 0 Å². The summed E-state index contributed by atoms with van der Waals surface area (Å²) in [6.07, 6.45) is 5.06. The summed E-state index contributed by atoms with van der Waals surface area (Å²) in [4.78, 5) is 17.9. The smallest absolute Gasteiger partial charge is 0.242 e. The number of benzene rings is 1. The highest BCUT2D eigenvalue weighted by molar-refractivity contribution is 6.31. The maximum Gasteiger partial charge on any atom is 0.242 e. The van der Waals surface area contributed by atoms with Crippen molar-refractivity contribution < 1.29 is 4.79 Å². The Morgan fingerprint density at radius 1 is 1.32 bits per heavy atom. The minimum Gasteiger partial charge on any atom is -0.350 e.